The van der Waals surface area contributed by atoms with Crippen molar-refractivity contribution in [1.82, 2.24) is 0 Å². The summed E-state index contributed by atoms with van der Waals surface area (Å²) in [4.78, 5) is 0. The second kappa shape index (κ2) is 9.03. The molecule has 0 fully saturated rings. The van der Waals surface area contributed by atoms with Crippen LogP contribution in [0.3, 0.4) is 0 Å². The maximum atomic E-state index is 9.32. The van der Waals surface area contributed by atoms with E-state index >= 15 is 0 Å². The Morgan fingerprint density at radius 1 is 1.00 bits per heavy atom. The van der Waals surface area contributed by atoms with Crippen LogP contribution < -0.4 is 4.57 Å². The minimum Gasteiger partial charge on any atom is -0.503 e. The summed E-state index contributed by atoms with van der Waals surface area (Å²) in [7, 11) is 0. The second-order valence-electron chi connectivity index (χ2n) is 4.77. The Balaban J connectivity index is 1.97. The van der Waals surface area contributed by atoms with Gasteiger partial charge in [0.2, 0.25) is 6.20 Å². The molecule has 1 heterocycles. The molecule has 0 aromatic carbocycles. The molecule has 0 saturated carbocycles. The fourth-order valence-corrected chi connectivity index (χ4v) is 2.08. The van der Waals surface area contributed by atoms with Crippen LogP contribution in [0.2, 0.25) is 0 Å². The number of aryl methyl sites for hydroxylation is 1. The smallest absolute Gasteiger partial charge is 0.210 e. The number of aromatic hydroxyl groups is 1. The number of hydrogen-bond donors (Lipinski definition) is 1. The molecule has 1 aromatic heterocycles. The third kappa shape index (κ3) is 6.98. The van der Waals surface area contributed by atoms with E-state index in [1.807, 2.05) is 12.3 Å². The van der Waals surface area contributed by atoms with Crippen molar-refractivity contribution in [2.75, 3.05) is 0 Å². The monoisotopic (exact) mass is 236 g/mol. The summed E-state index contributed by atoms with van der Waals surface area (Å²) in [5.41, 5.74) is 0. The van der Waals surface area contributed by atoms with Gasteiger partial charge in [0.25, 0.3) is 0 Å². The highest BCUT2D eigenvalue weighted by molar-refractivity contribution is 5.09. The number of nitrogens with zero attached hydrogens (tertiary/aromatic N) is 1. The number of hydrogen-bond acceptors (Lipinski definition) is 1. The van der Waals surface area contributed by atoms with Gasteiger partial charge in [-0.25, -0.2) is 4.57 Å². The molecule has 1 N–H and O–H groups in total. The van der Waals surface area contributed by atoms with Gasteiger partial charge in [-0.1, -0.05) is 45.4 Å². The molecule has 0 radical (unpaired) electrons. The predicted octanol–water partition coefficient (Wildman–Crippen LogP) is 3.82. The number of unbranched alkanes of at least 4 members (excludes halogenated alkanes) is 7. The van der Waals surface area contributed by atoms with E-state index in [0.717, 1.165) is 6.54 Å². The molecule has 96 valence electrons. The molecule has 1 rings (SSSR count). The van der Waals surface area contributed by atoms with Crippen LogP contribution in [0.1, 0.15) is 58.3 Å². The van der Waals surface area contributed by atoms with Crippen LogP contribution in [-0.2, 0) is 6.54 Å². The Labute approximate surface area is 105 Å². The van der Waals surface area contributed by atoms with E-state index in [2.05, 4.69) is 11.5 Å². The van der Waals surface area contributed by atoms with E-state index in [0.29, 0.717) is 5.75 Å². The third-order valence-electron chi connectivity index (χ3n) is 3.11. The molecule has 0 spiro atoms. The van der Waals surface area contributed by atoms with E-state index in [1.165, 1.54) is 51.4 Å². The Morgan fingerprint density at radius 2 is 1.65 bits per heavy atom. The summed E-state index contributed by atoms with van der Waals surface area (Å²) in [6.07, 6.45) is 14.6. The average molecular weight is 236 g/mol. The van der Waals surface area contributed by atoms with Gasteiger partial charge in [0.15, 0.2) is 11.9 Å². The lowest BCUT2D eigenvalue weighted by molar-refractivity contribution is -0.697. The highest BCUT2D eigenvalue weighted by Crippen LogP contribution is 2.08. The average Bonchev–Trinajstić information content (AvgIpc) is 2.33. The molecule has 0 aliphatic rings. The molecule has 0 amide bonds. The summed E-state index contributed by atoms with van der Waals surface area (Å²) in [6, 6.07) is 3.60. The molecule has 0 aliphatic heterocycles. The van der Waals surface area contributed by atoms with Gasteiger partial charge in [-0.2, -0.15) is 0 Å². The molecular formula is C15H26NO+. The van der Waals surface area contributed by atoms with Gasteiger partial charge in [0.1, 0.15) is 6.54 Å². The Hall–Kier alpha value is -1.05. The molecule has 1 aromatic rings. The van der Waals surface area contributed by atoms with Crippen LogP contribution >= 0.6 is 0 Å². The zero-order valence-corrected chi connectivity index (χ0v) is 11.1. The summed E-state index contributed by atoms with van der Waals surface area (Å²) in [6.45, 7) is 3.27. The standard InChI is InChI=1S/C15H25NO/c1-2-3-4-5-6-7-8-9-12-16-13-10-11-15(17)14-16/h10-11,13-14H,2-9,12H2,1H3/p+1. The van der Waals surface area contributed by atoms with Gasteiger partial charge in [-0.05, 0) is 12.5 Å². The summed E-state index contributed by atoms with van der Waals surface area (Å²) < 4.78 is 2.06. The fraction of sp³-hybridized carbons (Fsp3) is 0.667. The van der Waals surface area contributed by atoms with Crippen molar-refractivity contribution in [2.45, 2.75) is 64.8 Å². The van der Waals surface area contributed by atoms with Crippen molar-refractivity contribution in [3.63, 3.8) is 0 Å². The van der Waals surface area contributed by atoms with Crippen molar-refractivity contribution in [3.05, 3.63) is 24.5 Å². The van der Waals surface area contributed by atoms with Crippen molar-refractivity contribution < 1.29 is 9.67 Å². The largest absolute Gasteiger partial charge is 0.503 e. The normalized spacial score (nSPS) is 10.6. The minimum absolute atomic E-state index is 0.354. The zero-order valence-electron chi connectivity index (χ0n) is 11.1. The van der Waals surface area contributed by atoms with Gasteiger partial charge in [0.05, 0.1) is 0 Å². The van der Waals surface area contributed by atoms with Gasteiger partial charge in [0, 0.05) is 12.5 Å². The van der Waals surface area contributed by atoms with Crippen LogP contribution in [0.15, 0.2) is 24.5 Å². The maximum absolute atomic E-state index is 9.32. The van der Waals surface area contributed by atoms with E-state index in [4.69, 9.17) is 0 Å². The highest BCUT2D eigenvalue weighted by Gasteiger charge is 2.00. The summed E-state index contributed by atoms with van der Waals surface area (Å²) in [5.74, 6) is 0.354. The van der Waals surface area contributed by atoms with Crippen LogP contribution in [0.5, 0.6) is 5.75 Å². The highest BCUT2D eigenvalue weighted by atomic mass is 16.3. The molecule has 0 unspecified atom stereocenters. The van der Waals surface area contributed by atoms with Crippen molar-refractivity contribution in [3.8, 4) is 5.75 Å². The molecular weight excluding hydrogens is 210 g/mol. The van der Waals surface area contributed by atoms with Crippen molar-refractivity contribution in [2.24, 2.45) is 0 Å². The lowest BCUT2D eigenvalue weighted by Gasteiger charge is -2.00. The Kier molecular flexibility index (Phi) is 7.44. The summed E-state index contributed by atoms with van der Waals surface area (Å²) in [5, 5.41) is 9.32. The van der Waals surface area contributed by atoms with E-state index in [1.54, 1.807) is 12.3 Å². The van der Waals surface area contributed by atoms with E-state index in [-0.39, 0.29) is 0 Å². The van der Waals surface area contributed by atoms with E-state index in [9.17, 15) is 5.11 Å². The topological polar surface area (TPSA) is 24.1 Å². The zero-order chi connectivity index (χ0) is 12.3. The minimum atomic E-state index is 0.354. The first-order valence-electron chi connectivity index (χ1n) is 7.01. The first kappa shape index (κ1) is 14.0. The van der Waals surface area contributed by atoms with Crippen LogP contribution in [0.4, 0.5) is 0 Å². The van der Waals surface area contributed by atoms with Crippen LogP contribution in [0, 0.1) is 0 Å². The molecule has 0 bridgehead atoms. The quantitative estimate of drug-likeness (QED) is 0.511. The Bertz CT molecular complexity index is 299. The first-order valence-corrected chi connectivity index (χ1v) is 7.01. The van der Waals surface area contributed by atoms with Crippen molar-refractivity contribution in [1.29, 1.82) is 0 Å². The van der Waals surface area contributed by atoms with Gasteiger partial charge in [-0.15, -0.1) is 0 Å². The van der Waals surface area contributed by atoms with Crippen LogP contribution in [0.25, 0.3) is 0 Å². The van der Waals surface area contributed by atoms with Gasteiger partial charge < -0.3 is 5.11 Å². The molecule has 0 saturated heterocycles. The molecule has 0 aliphatic carbocycles. The van der Waals surface area contributed by atoms with Crippen molar-refractivity contribution >= 4 is 0 Å². The number of pyridine rings is 1. The third-order valence-corrected chi connectivity index (χ3v) is 3.11. The van der Waals surface area contributed by atoms with Gasteiger partial charge in [-0.3, -0.25) is 0 Å². The number of aromatic nitrogens is 1. The molecule has 17 heavy (non-hydrogen) atoms. The lowest BCUT2D eigenvalue weighted by Crippen LogP contribution is -2.32. The summed E-state index contributed by atoms with van der Waals surface area (Å²) >= 11 is 0. The predicted molar refractivity (Wildman–Crippen MR) is 70.9 cm³/mol. The molecule has 2 nitrogen and oxygen atoms in total. The first-order chi connectivity index (χ1) is 8.33. The van der Waals surface area contributed by atoms with Crippen LogP contribution in [-0.4, -0.2) is 5.11 Å². The van der Waals surface area contributed by atoms with Gasteiger partial charge >= 0.3 is 0 Å². The SMILES string of the molecule is CCCCCCCCCC[n+]1cccc(O)c1. The maximum Gasteiger partial charge on any atom is 0.210 e. The lowest BCUT2D eigenvalue weighted by atomic mass is 10.1. The fourth-order valence-electron chi connectivity index (χ4n) is 2.08. The molecule has 2 heteroatoms. The van der Waals surface area contributed by atoms with E-state index < -0.39 is 0 Å². The second-order valence-corrected chi connectivity index (χ2v) is 4.77. The number of rotatable bonds is 9. The molecule has 0 atom stereocenters. The Morgan fingerprint density at radius 3 is 2.29 bits per heavy atom.